The lowest BCUT2D eigenvalue weighted by molar-refractivity contribution is -0.186. The van der Waals surface area contributed by atoms with Crippen LogP contribution in [-0.2, 0) is 14.3 Å². The van der Waals surface area contributed by atoms with Gasteiger partial charge in [-0.2, -0.15) is 13.2 Å². The number of hydrogen-bond acceptors (Lipinski definition) is 3. The normalized spacial score (nSPS) is 27.4. The molecule has 1 saturated heterocycles. The first-order valence-electron chi connectivity index (χ1n) is 8.02. The van der Waals surface area contributed by atoms with Gasteiger partial charge in [0.1, 0.15) is 6.04 Å². The number of hydrogen-bond donors (Lipinski definition) is 1. The van der Waals surface area contributed by atoms with E-state index in [4.69, 9.17) is 4.74 Å². The molecule has 0 aromatic carbocycles. The summed E-state index contributed by atoms with van der Waals surface area (Å²) in [4.78, 5) is 26.0. The highest BCUT2D eigenvalue weighted by atomic mass is 19.4. The fourth-order valence-electron chi connectivity index (χ4n) is 3.18. The Kier molecular flexibility index (Phi) is 5.89. The van der Waals surface area contributed by atoms with Gasteiger partial charge in [0.25, 0.3) is 0 Å². The minimum absolute atomic E-state index is 0.0789. The van der Waals surface area contributed by atoms with Crippen molar-refractivity contribution in [2.75, 3.05) is 26.3 Å². The molecule has 1 aliphatic carbocycles. The number of halogens is 3. The van der Waals surface area contributed by atoms with Crippen LogP contribution in [0, 0.1) is 11.8 Å². The van der Waals surface area contributed by atoms with E-state index in [0.717, 1.165) is 0 Å². The Morgan fingerprint density at radius 2 is 1.87 bits per heavy atom. The average Bonchev–Trinajstić information content (AvgIpc) is 2.54. The number of carbonyl (C=O) groups excluding carboxylic acids is 2. The van der Waals surface area contributed by atoms with Crippen LogP contribution >= 0.6 is 0 Å². The molecule has 0 aromatic heterocycles. The van der Waals surface area contributed by atoms with Crippen molar-refractivity contribution in [2.24, 2.45) is 11.8 Å². The van der Waals surface area contributed by atoms with E-state index in [9.17, 15) is 22.8 Å². The second kappa shape index (κ2) is 7.51. The SMILES string of the molecule is CC(NC(=O)C1CCCC(C(F)(F)F)C1)C(=O)N1CCOCC1. The van der Waals surface area contributed by atoms with Crippen LogP contribution in [0.4, 0.5) is 13.2 Å². The summed E-state index contributed by atoms with van der Waals surface area (Å²) in [5, 5.41) is 2.58. The van der Waals surface area contributed by atoms with Gasteiger partial charge in [0.15, 0.2) is 0 Å². The lowest BCUT2D eigenvalue weighted by atomic mass is 9.80. The van der Waals surface area contributed by atoms with E-state index in [1.54, 1.807) is 11.8 Å². The minimum atomic E-state index is -4.26. The molecule has 5 nitrogen and oxygen atoms in total. The molecule has 0 spiro atoms. The van der Waals surface area contributed by atoms with Gasteiger partial charge < -0.3 is 15.0 Å². The van der Waals surface area contributed by atoms with Crippen LogP contribution in [0.25, 0.3) is 0 Å². The predicted octanol–water partition coefficient (Wildman–Crippen LogP) is 1.72. The third-order valence-electron chi connectivity index (χ3n) is 4.56. The Hall–Kier alpha value is -1.31. The van der Waals surface area contributed by atoms with Gasteiger partial charge >= 0.3 is 6.18 Å². The summed E-state index contributed by atoms with van der Waals surface area (Å²) in [7, 11) is 0. The molecule has 0 bridgehead atoms. The molecule has 2 amide bonds. The molecule has 0 aromatic rings. The first-order chi connectivity index (χ1) is 10.8. The highest BCUT2D eigenvalue weighted by Crippen LogP contribution is 2.39. The highest BCUT2D eigenvalue weighted by Gasteiger charge is 2.43. The summed E-state index contributed by atoms with van der Waals surface area (Å²) in [5.74, 6) is -2.76. The van der Waals surface area contributed by atoms with Gasteiger partial charge in [-0.3, -0.25) is 9.59 Å². The largest absolute Gasteiger partial charge is 0.391 e. The van der Waals surface area contributed by atoms with E-state index in [1.165, 1.54) is 0 Å². The van der Waals surface area contributed by atoms with Crippen molar-refractivity contribution >= 4 is 11.8 Å². The number of rotatable bonds is 3. The Labute approximate surface area is 133 Å². The topological polar surface area (TPSA) is 58.6 Å². The fourth-order valence-corrected chi connectivity index (χ4v) is 3.18. The molecule has 8 heteroatoms. The number of amides is 2. The number of nitrogens with zero attached hydrogens (tertiary/aromatic N) is 1. The maximum Gasteiger partial charge on any atom is 0.391 e. The van der Waals surface area contributed by atoms with Gasteiger partial charge in [-0.25, -0.2) is 0 Å². The molecular formula is C15H23F3N2O3. The predicted molar refractivity (Wildman–Crippen MR) is 76.5 cm³/mol. The van der Waals surface area contributed by atoms with Crippen molar-refractivity contribution in [3.05, 3.63) is 0 Å². The van der Waals surface area contributed by atoms with Crippen LogP contribution < -0.4 is 5.32 Å². The molecule has 2 rings (SSSR count). The van der Waals surface area contributed by atoms with E-state index in [2.05, 4.69) is 5.32 Å². The smallest absolute Gasteiger partial charge is 0.378 e. The summed E-state index contributed by atoms with van der Waals surface area (Å²) in [6.07, 6.45) is -3.54. The fraction of sp³-hybridized carbons (Fsp3) is 0.867. The van der Waals surface area contributed by atoms with Gasteiger partial charge in [-0.1, -0.05) is 6.42 Å². The first-order valence-corrected chi connectivity index (χ1v) is 8.02. The lowest BCUT2D eigenvalue weighted by Crippen LogP contribution is -2.51. The lowest BCUT2D eigenvalue weighted by Gasteiger charge is -2.32. The number of nitrogens with one attached hydrogen (secondary N) is 1. The standard InChI is InChI=1S/C15H23F3N2O3/c1-10(14(22)20-5-7-23-8-6-20)19-13(21)11-3-2-4-12(9-11)15(16,17)18/h10-12H,2-9H2,1H3,(H,19,21). The van der Waals surface area contributed by atoms with Crippen LogP contribution in [0.5, 0.6) is 0 Å². The van der Waals surface area contributed by atoms with Crippen molar-refractivity contribution in [3.8, 4) is 0 Å². The molecule has 2 aliphatic rings. The molecule has 1 N–H and O–H groups in total. The molecule has 3 atom stereocenters. The minimum Gasteiger partial charge on any atom is -0.378 e. The number of ether oxygens (including phenoxy) is 1. The zero-order valence-corrected chi connectivity index (χ0v) is 13.2. The molecule has 2 fully saturated rings. The zero-order chi connectivity index (χ0) is 17.0. The third kappa shape index (κ3) is 4.83. The van der Waals surface area contributed by atoms with E-state index in [1.807, 2.05) is 0 Å². The number of alkyl halides is 3. The first kappa shape index (κ1) is 18.0. The monoisotopic (exact) mass is 336 g/mol. The molecule has 1 heterocycles. The second-order valence-electron chi connectivity index (χ2n) is 6.27. The van der Waals surface area contributed by atoms with Crippen molar-refractivity contribution in [3.63, 3.8) is 0 Å². The second-order valence-corrected chi connectivity index (χ2v) is 6.27. The van der Waals surface area contributed by atoms with Gasteiger partial charge in [0.05, 0.1) is 19.1 Å². The molecule has 0 radical (unpaired) electrons. The highest BCUT2D eigenvalue weighted by molar-refractivity contribution is 5.88. The van der Waals surface area contributed by atoms with Crippen LogP contribution in [0.1, 0.15) is 32.6 Å². The Morgan fingerprint density at radius 1 is 1.22 bits per heavy atom. The van der Waals surface area contributed by atoms with Crippen LogP contribution in [0.2, 0.25) is 0 Å². The zero-order valence-electron chi connectivity index (χ0n) is 13.2. The number of carbonyl (C=O) groups is 2. The molecule has 3 unspecified atom stereocenters. The molecule has 132 valence electrons. The van der Waals surface area contributed by atoms with Crippen LogP contribution in [-0.4, -0.2) is 55.2 Å². The maximum absolute atomic E-state index is 12.8. The summed E-state index contributed by atoms with van der Waals surface area (Å²) >= 11 is 0. The Bertz CT molecular complexity index is 436. The van der Waals surface area contributed by atoms with Crippen molar-refractivity contribution in [2.45, 2.75) is 44.8 Å². The average molecular weight is 336 g/mol. The van der Waals surface area contributed by atoms with Crippen LogP contribution in [0.15, 0.2) is 0 Å². The molecular weight excluding hydrogens is 313 g/mol. The van der Waals surface area contributed by atoms with Crippen molar-refractivity contribution in [1.29, 1.82) is 0 Å². The molecule has 1 saturated carbocycles. The number of morpholine rings is 1. The summed E-state index contributed by atoms with van der Waals surface area (Å²) in [5.41, 5.74) is 0. The van der Waals surface area contributed by atoms with E-state index >= 15 is 0 Å². The summed E-state index contributed by atoms with van der Waals surface area (Å²) < 4.78 is 43.6. The Balaban J connectivity index is 1.86. The molecule has 1 aliphatic heterocycles. The summed E-state index contributed by atoms with van der Waals surface area (Å²) in [6.45, 7) is 3.43. The van der Waals surface area contributed by atoms with Gasteiger partial charge in [-0.05, 0) is 26.2 Å². The quantitative estimate of drug-likeness (QED) is 0.854. The van der Waals surface area contributed by atoms with E-state index in [-0.39, 0.29) is 18.7 Å². The van der Waals surface area contributed by atoms with Crippen LogP contribution in [0.3, 0.4) is 0 Å². The summed E-state index contributed by atoms with van der Waals surface area (Å²) in [6, 6.07) is -0.730. The van der Waals surface area contributed by atoms with E-state index < -0.39 is 30.0 Å². The maximum atomic E-state index is 12.8. The van der Waals surface area contributed by atoms with Crippen molar-refractivity contribution in [1.82, 2.24) is 10.2 Å². The van der Waals surface area contributed by atoms with Crippen molar-refractivity contribution < 1.29 is 27.5 Å². The van der Waals surface area contributed by atoms with Gasteiger partial charge in [0, 0.05) is 19.0 Å². The van der Waals surface area contributed by atoms with E-state index in [0.29, 0.717) is 39.1 Å². The van der Waals surface area contributed by atoms with Gasteiger partial charge in [0.2, 0.25) is 11.8 Å². The van der Waals surface area contributed by atoms with Gasteiger partial charge in [-0.15, -0.1) is 0 Å². The Morgan fingerprint density at radius 3 is 2.48 bits per heavy atom. The third-order valence-corrected chi connectivity index (χ3v) is 4.56. The molecule has 23 heavy (non-hydrogen) atoms.